The normalized spacial score (nSPS) is 11.1. The van der Waals surface area contributed by atoms with Crippen LogP contribution in [-0.4, -0.2) is 33.9 Å². The second-order valence-electron chi connectivity index (χ2n) is 4.58. The van der Waals surface area contributed by atoms with Crippen molar-refractivity contribution in [2.45, 2.75) is 13.1 Å². The monoisotopic (exact) mass is 325 g/mol. The zero-order chi connectivity index (χ0) is 16.9. The molecule has 2 heterocycles. The third kappa shape index (κ3) is 4.90. The highest BCUT2D eigenvalue weighted by Gasteiger charge is 2.33. The maximum absolute atomic E-state index is 13.0. The first-order valence-corrected chi connectivity index (χ1v) is 6.72. The number of amides is 1. The maximum atomic E-state index is 13.0. The molecule has 0 saturated carbocycles. The molecular formula is C14H14F3N5O. The first-order chi connectivity index (χ1) is 10.9. The van der Waals surface area contributed by atoms with Gasteiger partial charge >= 0.3 is 6.18 Å². The Labute approximate surface area is 130 Å². The topological polar surface area (TPSA) is 79.8 Å². The molecule has 0 aliphatic carbocycles. The molecule has 9 heteroatoms. The zero-order valence-corrected chi connectivity index (χ0v) is 12.2. The fourth-order valence-corrected chi connectivity index (χ4v) is 1.72. The predicted octanol–water partition coefficient (Wildman–Crippen LogP) is 2.11. The Morgan fingerprint density at radius 2 is 2.00 bits per heavy atom. The Bertz CT molecular complexity index is 676. The van der Waals surface area contributed by atoms with Crippen LogP contribution in [0, 0.1) is 0 Å². The fourth-order valence-electron chi connectivity index (χ4n) is 1.72. The van der Waals surface area contributed by atoms with Crippen LogP contribution >= 0.6 is 0 Å². The molecule has 0 saturated heterocycles. The highest BCUT2D eigenvalue weighted by atomic mass is 19.4. The summed E-state index contributed by atoms with van der Waals surface area (Å²) in [5.41, 5.74) is -0.821. The van der Waals surface area contributed by atoms with Gasteiger partial charge in [-0.25, -0.2) is 9.97 Å². The van der Waals surface area contributed by atoms with Crippen molar-refractivity contribution in [1.29, 1.82) is 0 Å². The van der Waals surface area contributed by atoms with E-state index in [4.69, 9.17) is 0 Å². The van der Waals surface area contributed by atoms with Gasteiger partial charge in [0.2, 0.25) is 5.91 Å². The van der Waals surface area contributed by atoms with Crippen LogP contribution in [0.3, 0.4) is 0 Å². The average Bonchev–Trinajstić information content (AvgIpc) is 2.51. The van der Waals surface area contributed by atoms with E-state index in [2.05, 4.69) is 25.6 Å². The number of hydrogen-bond donors (Lipinski definition) is 2. The van der Waals surface area contributed by atoms with Crippen molar-refractivity contribution < 1.29 is 18.0 Å². The van der Waals surface area contributed by atoms with Crippen molar-refractivity contribution in [2.75, 3.05) is 18.4 Å². The van der Waals surface area contributed by atoms with Crippen molar-refractivity contribution >= 4 is 11.7 Å². The third-order valence-electron chi connectivity index (χ3n) is 2.72. The van der Waals surface area contributed by atoms with Crippen LogP contribution in [0.5, 0.6) is 0 Å². The third-order valence-corrected chi connectivity index (χ3v) is 2.72. The molecule has 0 radical (unpaired) electrons. The number of nitrogens with zero attached hydrogens (tertiary/aromatic N) is 3. The molecule has 0 unspecified atom stereocenters. The predicted molar refractivity (Wildman–Crippen MR) is 77.4 cm³/mol. The van der Waals surface area contributed by atoms with Gasteiger partial charge in [-0.15, -0.1) is 0 Å². The van der Waals surface area contributed by atoms with E-state index in [1.54, 1.807) is 12.1 Å². The second-order valence-corrected chi connectivity index (χ2v) is 4.58. The van der Waals surface area contributed by atoms with E-state index in [0.29, 0.717) is 0 Å². The molecule has 0 aromatic carbocycles. The number of halogens is 3. The number of pyridine rings is 1. The highest BCUT2D eigenvalue weighted by Crippen LogP contribution is 2.30. The van der Waals surface area contributed by atoms with Gasteiger partial charge in [0.25, 0.3) is 0 Å². The lowest BCUT2D eigenvalue weighted by Gasteiger charge is -2.11. The van der Waals surface area contributed by atoms with Crippen molar-refractivity contribution in [1.82, 2.24) is 20.3 Å². The molecule has 0 aliphatic heterocycles. The van der Waals surface area contributed by atoms with Crippen LogP contribution in [0.15, 0.2) is 30.5 Å². The molecular weight excluding hydrogens is 311 g/mol. The molecule has 2 aromatic rings. The van der Waals surface area contributed by atoms with Gasteiger partial charge in [-0.3, -0.25) is 9.78 Å². The highest BCUT2D eigenvalue weighted by molar-refractivity contribution is 5.72. The Kier molecular flexibility index (Phi) is 5.09. The van der Waals surface area contributed by atoms with E-state index in [1.807, 2.05) is 0 Å². The first kappa shape index (κ1) is 16.7. The molecule has 0 bridgehead atoms. The van der Waals surface area contributed by atoms with Gasteiger partial charge < -0.3 is 10.6 Å². The molecule has 1 amide bonds. The molecule has 122 valence electrons. The summed E-state index contributed by atoms with van der Waals surface area (Å²) in [6.07, 6.45) is -3.15. The van der Waals surface area contributed by atoms with Crippen molar-refractivity contribution in [3.05, 3.63) is 36.2 Å². The number of nitrogens with one attached hydrogen (secondary N) is 2. The first-order valence-electron chi connectivity index (χ1n) is 6.72. The SMILES string of the molecule is CC(=O)NCCNc1cc(C(F)(F)F)nc(-c2ccccn2)n1. The molecule has 0 spiro atoms. The van der Waals surface area contributed by atoms with E-state index in [1.165, 1.54) is 19.2 Å². The van der Waals surface area contributed by atoms with Crippen molar-refractivity contribution in [3.63, 3.8) is 0 Å². The summed E-state index contributed by atoms with van der Waals surface area (Å²) in [4.78, 5) is 22.3. The lowest BCUT2D eigenvalue weighted by Crippen LogP contribution is -2.26. The molecule has 23 heavy (non-hydrogen) atoms. The Balaban J connectivity index is 2.25. The molecule has 0 atom stereocenters. The molecule has 2 aromatic heterocycles. The summed E-state index contributed by atoms with van der Waals surface area (Å²) in [7, 11) is 0. The van der Waals surface area contributed by atoms with Gasteiger partial charge in [-0.05, 0) is 12.1 Å². The quantitative estimate of drug-likeness (QED) is 0.823. The molecule has 0 aliphatic rings. The van der Waals surface area contributed by atoms with Crippen LogP contribution < -0.4 is 10.6 Å². The lowest BCUT2D eigenvalue weighted by atomic mass is 10.3. The maximum Gasteiger partial charge on any atom is 0.433 e. The van der Waals surface area contributed by atoms with Gasteiger partial charge in [0, 0.05) is 32.3 Å². The van der Waals surface area contributed by atoms with Crippen LogP contribution in [0.4, 0.5) is 19.0 Å². The lowest BCUT2D eigenvalue weighted by molar-refractivity contribution is -0.141. The van der Waals surface area contributed by atoms with Gasteiger partial charge in [0.05, 0.1) is 0 Å². The Morgan fingerprint density at radius 1 is 1.22 bits per heavy atom. The molecule has 2 rings (SSSR count). The number of alkyl halides is 3. The largest absolute Gasteiger partial charge is 0.433 e. The van der Waals surface area contributed by atoms with Crippen LogP contribution in [0.25, 0.3) is 11.5 Å². The molecule has 2 N–H and O–H groups in total. The summed E-state index contributed by atoms with van der Waals surface area (Å²) in [6, 6.07) is 5.62. The van der Waals surface area contributed by atoms with E-state index in [9.17, 15) is 18.0 Å². The van der Waals surface area contributed by atoms with E-state index >= 15 is 0 Å². The minimum Gasteiger partial charge on any atom is -0.368 e. The average molecular weight is 325 g/mol. The number of anilines is 1. The molecule has 0 fully saturated rings. The van der Waals surface area contributed by atoms with E-state index in [-0.39, 0.29) is 36.3 Å². The number of carbonyl (C=O) groups excluding carboxylic acids is 1. The zero-order valence-electron chi connectivity index (χ0n) is 12.2. The minimum absolute atomic E-state index is 0.0123. The standard InChI is InChI=1S/C14H14F3N5O/c1-9(23)18-6-7-20-12-8-11(14(15,16)17)21-13(22-12)10-4-2-3-5-19-10/h2-5,8H,6-7H2,1H3,(H,18,23)(H,20,21,22). The van der Waals surface area contributed by atoms with E-state index in [0.717, 1.165) is 6.07 Å². The molecule has 6 nitrogen and oxygen atoms in total. The summed E-state index contributed by atoms with van der Waals surface area (Å²) in [5, 5.41) is 5.26. The Hall–Kier alpha value is -2.71. The van der Waals surface area contributed by atoms with Crippen molar-refractivity contribution in [2.24, 2.45) is 0 Å². The number of rotatable bonds is 5. The van der Waals surface area contributed by atoms with Gasteiger partial charge in [0.1, 0.15) is 11.5 Å². The van der Waals surface area contributed by atoms with Crippen molar-refractivity contribution in [3.8, 4) is 11.5 Å². The summed E-state index contributed by atoms with van der Waals surface area (Å²) >= 11 is 0. The Morgan fingerprint density at radius 3 is 2.61 bits per heavy atom. The second kappa shape index (κ2) is 7.03. The van der Waals surface area contributed by atoms with Crippen LogP contribution in [-0.2, 0) is 11.0 Å². The van der Waals surface area contributed by atoms with Crippen LogP contribution in [0.1, 0.15) is 12.6 Å². The fraction of sp³-hybridized carbons (Fsp3) is 0.286. The minimum atomic E-state index is -4.60. The van der Waals surface area contributed by atoms with E-state index < -0.39 is 11.9 Å². The summed E-state index contributed by atoms with van der Waals surface area (Å²) in [6.45, 7) is 1.85. The summed E-state index contributed by atoms with van der Waals surface area (Å²) < 4.78 is 38.9. The number of carbonyl (C=O) groups is 1. The van der Waals surface area contributed by atoms with Gasteiger partial charge in [-0.2, -0.15) is 13.2 Å². The van der Waals surface area contributed by atoms with Gasteiger partial charge in [0.15, 0.2) is 11.5 Å². The van der Waals surface area contributed by atoms with Crippen LogP contribution in [0.2, 0.25) is 0 Å². The summed E-state index contributed by atoms with van der Waals surface area (Å²) in [5.74, 6) is -0.333. The number of hydrogen-bond acceptors (Lipinski definition) is 5. The smallest absolute Gasteiger partial charge is 0.368 e. The van der Waals surface area contributed by atoms with Gasteiger partial charge in [-0.1, -0.05) is 6.07 Å². The number of aromatic nitrogens is 3.